The first-order chi connectivity index (χ1) is 7.83. The van der Waals surface area contributed by atoms with Crippen molar-refractivity contribution in [3.63, 3.8) is 0 Å². The molecule has 0 amide bonds. The van der Waals surface area contributed by atoms with Crippen molar-refractivity contribution in [2.24, 2.45) is 0 Å². The van der Waals surface area contributed by atoms with Crippen molar-refractivity contribution >= 4 is 0 Å². The average molecular weight is 218 g/mol. The van der Waals surface area contributed by atoms with Gasteiger partial charge in [-0.3, -0.25) is 0 Å². The lowest BCUT2D eigenvalue weighted by atomic mass is 9.93. The highest BCUT2D eigenvalue weighted by Crippen LogP contribution is 2.39. The zero-order chi connectivity index (χ0) is 11.4. The van der Waals surface area contributed by atoms with Crippen molar-refractivity contribution in [3.8, 4) is 23.8 Å². The lowest BCUT2D eigenvalue weighted by Gasteiger charge is -2.25. The predicted molar refractivity (Wildman–Crippen MR) is 60.6 cm³/mol. The Balaban J connectivity index is 2.14. The van der Waals surface area contributed by atoms with Gasteiger partial charge in [0.2, 0.25) is 0 Å². The molecule has 3 heteroatoms. The minimum Gasteiger partial charge on any atom is -0.504 e. The van der Waals surface area contributed by atoms with E-state index in [1.165, 1.54) is 0 Å². The molecule has 0 aromatic heterocycles. The molecule has 0 unspecified atom stereocenters. The van der Waals surface area contributed by atoms with Gasteiger partial charge in [0.25, 0.3) is 0 Å². The lowest BCUT2D eigenvalue weighted by Crippen LogP contribution is -2.18. The van der Waals surface area contributed by atoms with E-state index in [0.29, 0.717) is 25.6 Å². The Bertz CT molecular complexity index is 406. The molecular weight excluding hydrogens is 204 g/mol. The van der Waals surface area contributed by atoms with Gasteiger partial charge in [0.1, 0.15) is 6.61 Å². The second-order valence-corrected chi connectivity index (χ2v) is 3.75. The minimum absolute atomic E-state index is 0.194. The van der Waals surface area contributed by atoms with E-state index in [4.69, 9.17) is 15.9 Å². The number of ether oxygens (including phenoxy) is 2. The fourth-order valence-electron chi connectivity index (χ4n) is 1.91. The zero-order valence-corrected chi connectivity index (χ0v) is 8.98. The number of terminal acetylenes is 1. The summed E-state index contributed by atoms with van der Waals surface area (Å²) in [6.07, 6.45) is 6.01. The molecular formula is C13H14O3. The van der Waals surface area contributed by atoms with Crippen LogP contribution in [0.2, 0.25) is 0 Å². The second kappa shape index (κ2) is 4.91. The molecule has 1 aromatic carbocycles. The molecule has 1 heterocycles. The van der Waals surface area contributed by atoms with Crippen LogP contribution in [0.5, 0.6) is 11.5 Å². The molecule has 0 bridgehead atoms. The zero-order valence-electron chi connectivity index (χ0n) is 8.98. The van der Waals surface area contributed by atoms with E-state index in [1.54, 1.807) is 6.07 Å². The molecule has 0 radical (unpaired) electrons. The van der Waals surface area contributed by atoms with Crippen LogP contribution in [0.25, 0.3) is 0 Å². The Labute approximate surface area is 95.0 Å². The summed E-state index contributed by atoms with van der Waals surface area (Å²) in [5.74, 6) is 3.47. The molecule has 84 valence electrons. The van der Waals surface area contributed by atoms with Crippen molar-refractivity contribution in [2.45, 2.75) is 12.3 Å². The van der Waals surface area contributed by atoms with E-state index in [2.05, 4.69) is 5.92 Å². The van der Waals surface area contributed by atoms with Crippen LogP contribution < -0.4 is 4.74 Å². The summed E-state index contributed by atoms with van der Waals surface area (Å²) < 4.78 is 10.8. The number of benzene rings is 1. The van der Waals surface area contributed by atoms with Gasteiger partial charge in [-0.25, -0.2) is 0 Å². The number of rotatable bonds is 3. The average Bonchev–Trinajstić information content (AvgIpc) is 2.31. The van der Waals surface area contributed by atoms with E-state index in [-0.39, 0.29) is 11.7 Å². The monoisotopic (exact) mass is 218 g/mol. The maximum absolute atomic E-state index is 9.65. The van der Waals surface area contributed by atoms with E-state index in [9.17, 15) is 5.11 Å². The number of para-hydroxylation sites is 1. The van der Waals surface area contributed by atoms with Crippen molar-refractivity contribution in [2.75, 3.05) is 19.8 Å². The molecule has 0 saturated heterocycles. The molecule has 1 N–H and O–H groups in total. The number of phenolic OH excluding ortho intramolecular Hbond substituents is 1. The number of phenols is 1. The molecule has 1 aliphatic rings. The molecule has 0 saturated carbocycles. The summed E-state index contributed by atoms with van der Waals surface area (Å²) in [6, 6.07) is 5.40. The molecule has 2 rings (SSSR count). The third-order valence-corrected chi connectivity index (χ3v) is 2.68. The fraction of sp³-hybridized carbons (Fsp3) is 0.385. The smallest absolute Gasteiger partial charge is 0.164 e. The molecule has 1 aliphatic heterocycles. The number of hydrogen-bond donors (Lipinski definition) is 1. The largest absolute Gasteiger partial charge is 0.504 e. The van der Waals surface area contributed by atoms with E-state index >= 15 is 0 Å². The molecule has 1 aromatic rings. The van der Waals surface area contributed by atoms with Crippen LogP contribution >= 0.6 is 0 Å². The van der Waals surface area contributed by atoms with E-state index in [0.717, 1.165) is 12.0 Å². The van der Waals surface area contributed by atoms with Crippen LogP contribution in [0.4, 0.5) is 0 Å². The summed E-state index contributed by atoms with van der Waals surface area (Å²) in [6.45, 7) is 1.50. The normalized spacial score (nSPS) is 18.3. The first kappa shape index (κ1) is 10.8. The highest BCUT2D eigenvalue weighted by Gasteiger charge is 2.23. The maximum atomic E-state index is 9.65. The highest BCUT2D eigenvalue weighted by molar-refractivity contribution is 5.48. The molecule has 0 aliphatic carbocycles. The first-order valence-corrected chi connectivity index (χ1v) is 5.29. The van der Waals surface area contributed by atoms with E-state index < -0.39 is 0 Å². The summed E-state index contributed by atoms with van der Waals surface area (Å²) in [5, 5.41) is 9.65. The third-order valence-electron chi connectivity index (χ3n) is 2.68. The topological polar surface area (TPSA) is 38.7 Å². The summed E-state index contributed by atoms with van der Waals surface area (Å²) >= 11 is 0. The van der Waals surface area contributed by atoms with Gasteiger partial charge in [-0.2, -0.15) is 0 Å². The van der Waals surface area contributed by atoms with Crippen molar-refractivity contribution < 1.29 is 14.6 Å². The summed E-state index contributed by atoms with van der Waals surface area (Å²) in [5.41, 5.74) is 1.00. The minimum atomic E-state index is 0.194. The van der Waals surface area contributed by atoms with Gasteiger partial charge in [0.05, 0.1) is 13.2 Å². The van der Waals surface area contributed by atoms with E-state index in [1.807, 2.05) is 12.1 Å². The number of aromatic hydroxyl groups is 1. The van der Waals surface area contributed by atoms with Gasteiger partial charge in [-0.05, 0) is 12.5 Å². The van der Waals surface area contributed by atoms with Crippen molar-refractivity contribution in [1.82, 2.24) is 0 Å². The van der Waals surface area contributed by atoms with Crippen LogP contribution in [0.3, 0.4) is 0 Å². The molecule has 16 heavy (non-hydrogen) atoms. The third kappa shape index (κ3) is 2.12. The summed E-state index contributed by atoms with van der Waals surface area (Å²) in [4.78, 5) is 0. The second-order valence-electron chi connectivity index (χ2n) is 3.75. The Morgan fingerprint density at radius 1 is 1.56 bits per heavy atom. The number of fused-ring (bicyclic) bond motifs is 1. The van der Waals surface area contributed by atoms with Gasteiger partial charge >= 0.3 is 0 Å². The highest BCUT2D eigenvalue weighted by atomic mass is 16.5. The number of hydrogen-bond acceptors (Lipinski definition) is 3. The van der Waals surface area contributed by atoms with Gasteiger partial charge in [-0.15, -0.1) is 6.42 Å². The molecule has 3 nitrogen and oxygen atoms in total. The van der Waals surface area contributed by atoms with Gasteiger partial charge in [0.15, 0.2) is 11.5 Å². The van der Waals surface area contributed by atoms with Crippen LogP contribution in [0.1, 0.15) is 17.9 Å². The summed E-state index contributed by atoms with van der Waals surface area (Å²) in [7, 11) is 0. The van der Waals surface area contributed by atoms with Crippen LogP contribution in [-0.4, -0.2) is 24.9 Å². The fourth-order valence-corrected chi connectivity index (χ4v) is 1.91. The van der Waals surface area contributed by atoms with Crippen molar-refractivity contribution in [1.29, 1.82) is 0 Å². The standard InChI is InChI=1S/C13H14O3/c1-2-7-15-9-10-6-8-16-13-11(10)4-3-5-12(13)14/h1,3-5,10,14H,6-9H2/t10-/m0/s1. The quantitative estimate of drug-likeness (QED) is 0.622. The van der Waals surface area contributed by atoms with Crippen LogP contribution in [0, 0.1) is 12.3 Å². The van der Waals surface area contributed by atoms with Gasteiger partial charge < -0.3 is 14.6 Å². The van der Waals surface area contributed by atoms with Gasteiger partial charge in [0, 0.05) is 11.5 Å². The first-order valence-electron chi connectivity index (χ1n) is 5.29. The Morgan fingerprint density at radius 2 is 2.44 bits per heavy atom. The lowest BCUT2D eigenvalue weighted by molar-refractivity contribution is 0.130. The molecule has 1 atom stereocenters. The maximum Gasteiger partial charge on any atom is 0.164 e. The molecule has 0 fully saturated rings. The Morgan fingerprint density at radius 3 is 3.25 bits per heavy atom. The Kier molecular flexibility index (Phi) is 3.33. The predicted octanol–water partition coefficient (Wildman–Crippen LogP) is 1.91. The Hall–Kier alpha value is -1.66. The van der Waals surface area contributed by atoms with Crippen LogP contribution in [0.15, 0.2) is 18.2 Å². The van der Waals surface area contributed by atoms with Crippen molar-refractivity contribution in [3.05, 3.63) is 23.8 Å². The SMILES string of the molecule is C#CCOC[C@@H]1CCOc2c(O)cccc21. The molecule has 0 spiro atoms. The van der Waals surface area contributed by atoms with Crippen LogP contribution in [-0.2, 0) is 4.74 Å². The van der Waals surface area contributed by atoms with Gasteiger partial charge in [-0.1, -0.05) is 18.1 Å².